The largest absolute Gasteiger partial charge is 0.465 e. The van der Waals surface area contributed by atoms with E-state index in [1.54, 1.807) is 0 Å². The standard InChI is InChI=1S/C13H22N2O2/c1-11-3-4-13(17-11)10-15-7-6-14(2)12(9-15)5-8-16/h3-4,12,16H,5-10H2,1-2H3/t12-/m1/s1. The van der Waals surface area contributed by atoms with E-state index >= 15 is 0 Å². The van der Waals surface area contributed by atoms with Gasteiger partial charge in [-0.1, -0.05) is 0 Å². The number of aliphatic hydroxyl groups excluding tert-OH is 1. The maximum Gasteiger partial charge on any atom is 0.118 e. The van der Waals surface area contributed by atoms with E-state index in [9.17, 15) is 0 Å². The molecule has 17 heavy (non-hydrogen) atoms. The van der Waals surface area contributed by atoms with Gasteiger partial charge in [-0.05, 0) is 32.5 Å². The molecule has 1 saturated heterocycles. The first-order chi connectivity index (χ1) is 8.19. The van der Waals surface area contributed by atoms with Crippen molar-refractivity contribution in [1.82, 2.24) is 9.80 Å². The molecule has 1 atom stereocenters. The fraction of sp³-hybridized carbons (Fsp3) is 0.692. The van der Waals surface area contributed by atoms with Crippen molar-refractivity contribution in [2.75, 3.05) is 33.3 Å². The molecule has 1 N–H and O–H groups in total. The minimum absolute atomic E-state index is 0.267. The van der Waals surface area contributed by atoms with Crippen molar-refractivity contribution in [2.45, 2.75) is 25.9 Å². The molecule has 1 fully saturated rings. The maximum atomic E-state index is 9.05. The summed E-state index contributed by atoms with van der Waals surface area (Å²) in [5, 5.41) is 9.05. The normalized spacial score (nSPS) is 23.1. The number of hydrogen-bond donors (Lipinski definition) is 1. The lowest BCUT2D eigenvalue weighted by Gasteiger charge is -2.39. The zero-order valence-corrected chi connectivity index (χ0v) is 10.7. The molecule has 4 heteroatoms. The van der Waals surface area contributed by atoms with Crippen molar-refractivity contribution in [3.63, 3.8) is 0 Å². The number of likely N-dealkylation sites (N-methyl/N-ethyl adjacent to an activating group) is 1. The van der Waals surface area contributed by atoms with Crippen molar-refractivity contribution in [2.24, 2.45) is 0 Å². The zero-order chi connectivity index (χ0) is 12.3. The van der Waals surface area contributed by atoms with Gasteiger partial charge < -0.3 is 14.4 Å². The van der Waals surface area contributed by atoms with Crippen molar-refractivity contribution in [3.8, 4) is 0 Å². The van der Waals surface area contributed by atoms with Crippen LogP contribution in [0.4, 0.5) is 0 Å². The molecule has 2 heterocycles. The minimum Gasteiger partial charge on any atom is -0.465 e. The summed E-state index contributed by atoms with van der Waals surface area (Å²) in [6, 6.07) is 4.52. The highest BCUT2D eigenvalue weighted by atomic mass is 16.3. The molecule has 0 radical (unpaired) electrons. The Kier molecular flexibility index (Phi) is 4.20. The van der Waals surface area contributed by atoms with Crippen LogP contribution in [0.25, 0.3) is 0 Å². The number of furan rings is 1. The number of nitrogens with zero attached hydrogens (tertiary/aromatic N) is 2. The van der Waals surface area contributed by atoms with Crippen LogP contribution in [0, 0.1) is 6.92 Å². The molecule has 1 aromatic rings. The Labute approximate surface area is 103 Å². The van der Waals surface area contributed by atoms with Crippen molar-refractivity contribution in [3.05, 3.63) is 23.7 Å². The Morgan fingerprint density at radius 2 is 2.24 bits per heavy atom. The first-order valence-electron chi connectivity index (χ1n) is 6.28. The lowest BCUT2D eigenvalue weighted by atomic mass is 10.1. The average Bonchev–Trinajstić information content (AvgIpc) is 2.69. The maximum absolute atomic E-state index is 9.05. The molecule has 0 spiro atoms. The summed E-state index contributed by atoms with van der Waals surface area (Å²) < 4.78 is 5.60. The van der Waals surface area contributed by atoms with Crippen molar-refractivity contribution < 1.29 is 9.52 Å². The van der Waals surface area contributed by atoms with E-state index in [2.05, 4.69) is 22.9 Å². The zero-order valence-electron chi connectivity index (χ0n) is 10.7. The van der Waals surface area contributed by atoms with Gasteiger partial charge in [0.2, 0.25) is 0 Å². The summed E-state index contributed by atoms with van der Waals surface area (Å²) >= 11 is 0. The van der Waals surface area contributed by atoms with Crippen LogP contribution in [0.1, 0.15) is 17.9 Å². The van der Waals surface area contributed by atoms with Crippen molar-refractivity contribution >= 4 is 0 Å². The van der Waals surface area contributed by atoms with Crippen LogP contribution >= 0.6 is 0 Å². The third-order valence-corrected chi connectivity index (χ3v) is 3.50. The molecule has 2 rings (SSSR count). The summed E-state index contributed by atoms with van der Waals surface area (Å²) in [5.41, 5.74) is 0. The van der Waals surface area contributed by atoms with Crippen LogP contribution in [0.5, 0.6) is 0 Å². The second kappa shape index (κ2) is 5.67. The third kappa shape index (κ3) is 3.31. The van der Waals surface area contributed by atoms with E-state index in [0.29, 0.717) is 6.04 Å². The molecule has 0 saturated carbocycles. The first-order valence-corrected chi connectivity index (χ1v) is 6.28. The summed E-state index contributed by atoms with van der Waals surface area (Å²) in [5.74, 6) is 2.01. The third-order valence-electron chi connectivity index (χ3n) is 3.50. The molecule has 0 amide bonds. The Bertz CT molecular complexity index is 351. The van der Waals surface area contributed by atoms with Gasteiger partial charge in [0, 0.05) is 32.3 Å². The molecule has 0 aromatic carbocycles. The molecule has 96 valence electrons. The first kappa shape index (κ1) is 12.6. The monoisotopic (exact) mass is 238 g/mol. The SMILES string of the molecule is Cc1ccc(CN2CCN(C)[C@H](CCO)C2)o1. The second-order valence-electron chi connectivity index (χ2n) is 4.89. The van der Waals surface area contributed by atoms with Gasteiger partial charge in [0.05, 0.1) is 6.54 Å². The molecule has 0 bridgehead atoms. The van der Waals surface area contributed by atoms with Crippen LogP contribution in [-0.4, -0.2) is 54.2 Å². The van der Waals surface area contributed by atoms with Gasteiger partial charge in [-0.3, -0.25) is 4.90 Å². The Balaban J connectivity index is 1.89. The average molecular weight is 238 g/mol. The Hall–Kier alpha value is -0.840. The molecule has 0 aliphatic carbocycles. The highest BCUT2D eigenvalue weighted by Crippen LogP contribution is 2.15. The van der Waals surface area contributed by atoms with Gasteiger partial charge in [0.1, 0.15) is 11.5 Å². The van der Waals surface area contributed by atoms with Gasteiger partial charge in [-0.15, -0.1) is 0 Å². The van der Waals surface area contributed by atoms with Crippen LogP contribution < -0.4 is 0 Å². The Morgan fingerprint density at radius 1 is 1.41 bits per heavy atom. The summed E-state index contributed by atoms with van der Waals surface area (Å²) in [6.07, 6.45) is 0.851. The number of piperazine rings is 1. The van der Waals surface area contributed by atoms with Gasteiger partial charge in [0.15, 0.2) is 0 Å². The molecule has 1 aliphatic heterocycles. The van der Waals surface area contributed by atoms with Crippen LogP contribution in [0.3, 0.4) is 0 Å². The molecule has 4 nitrogen and oxygen atoms in total. The lowest BCUT2D eigenvalue weighted by Crippen LogP contribution is -2.51. The topological polar surface area (TPSA) is 39.9 Å². The second-order valence-corrected chi connectivity index (χ2v) is 4.89. The summed E-state index contributed by atoms with van der Waals surface area (Å²) in [6.45, 7) is 6.26. The van der Waals surface area contributed by atoms with Gasteiger partial charge >= 0.3 is 0 Å². The van der Waals surface area contributed by atoms with E-state index in [1.807, 2.05) is 13.0 Å². The Morgan fingerprint density at radius 3 is 2.88 bits per heavy atom. The van der Waals surface area contributed by atoms with Crippen LogP contribution in [0.2, 0.25) is 0 Å². The highest BCUT2D eigenvalue weighted by Gasteiger charge is 2.24. The van der Waals surface area contributed by atoms with Gasteiger partial charge in [-0.25, -0.2) is 0 Å². The van der Waals surface area contributed by atoms with E-state index in [-0.39, 0.29) is 6.61 Å². The molecular formula is C13H22N2O2. The van der Waals surface area contributed by atoms with E-state index < -0.39 is 0 Å². The summed E-state index contributed by atoms with van der Waals surface area (Å²) in [7, 11) is 2.13. The molecule has 0 unspecified atom stereocenters. The van der Waals surface area contributed by atoms with Gasteiger partial charge in [-0.2, -0.15) is 0 Å². The minimum atomic E-state index is 0.267. The summed E-state index contributed by atoms with van der Waals surface area (Å²) in [4.78, 5) is 4.73. The smallest absolute Gasteiger partial charge is 0.118 e. The van der Waals surface area contributed by atoms with E-state index in [0.717, 1.165) is 44.1 Å². The van der Waals surface area contributed by atoms with Crippen LogP contribution in [0.15, 0.2) is 16.5 Å². The van der Waals surface area contributed by atoms with E-state index in [1.165, 1.54) is 0 Å². The number of rotatable bonds is 4. The quantitative estimate of drug-likeness (QED) is 0.852. The highest BCUT2D eigenvalue weighted by molar-refractivity contribution is 5.05. The fourth-order valence-electron chi connectivity index (χ4n) is 2.41. The van der Waals surface area contributed by atoms with E-state index in [4.69, 9.17) is 9.52 Å². The predicted octanol–water partition coefficient (Wildman–Crippen LogP) is 1.09. The van der Waals surface area contributed by atoms with Crippen LogP contribution in [-0.2, 0) is 6.54 Å². The lowest BCUT2D eigenvalue weighted by molar-refractivity contribution is 0.0702. The number of aryl methyl sites for hydroxylation is 1. The molecule has 1 aliphatic rings. The van der Waals surface area contributed by atoms with Gasteiger partial charge in [0.25, 0.3) is 0 Å². The van der Waals surface area contributed by atoms with Crippen molar-refractivity contribution in [1.29, 1.82) is 0 Å². The number of aliphatic hydroxyl groups is 1. The predicted molar refractivity (Wildman–Crippen MR) is 66.8 cm³/mol. The fourth-order valence-corrected chi connectivity index (χ4v) is 2.41. The molecule has 1 aromatic heterocycles. The number of hydrogen-bond acceptors (Lipinski definition) is 4. The molecular weight excluding hydrogens is 216 g/mol.